The highest BCUT2D eigenvalue weighted by molar-refractivity contribution is 5.73. The molecule has 8 heteroatoms. The van der Waals surface area contributed by atoms with Gasteiger partial charge in [-0.05, 0) is 37.4 Å². The van der Waals surface area contributed by atoms with Crippen molar-refractivity contribution in [2.24, 2.45) is 11.7 Å². The summed E-state index contributed by atoms with van der Waals surface area (Å²) >= 11 is 0. The number of carboxylic acids is 1. The van der Waals surface area contributed by atoms with E-state index in [-0.39, 0.29) is 0 Å². The fourth-order valence-electron chi connectivity index (χ4n) is 1.98. The number of rotatable bonds is 2. The number of alkyl halides is 3. The molecule has 0 amide bonds. The zero-order chi connectivity index (χ0) is 15.9. The summed E-state index contributed by atoms with van der Waals surface area (Å²) in [5.74, 6) is -2.03. The Balaban J connectivity index is 0.000000270. The van der Waals surface area contributed by atoms with Crippen LogP contribution in [0.5, 0.6) is 0 Å². The number of aliphatic carboxylic acids is 1. The van der Waals surface area contributed by atoms with Gasteiger partial charge in [-0.1, -0.05) is 0 Å². The molecule has 1 aliphatic rings. The van der Waals surface area contributed by atoms with Gasteiger partial charge in [-0.15, -0.1) is 0 Å². The minimum Gasteiger partial charge on any atom is -0.475 e. The Kier molecular flexibility index (Phi) is 6.41. The van der Waals surface area contributed by atoms with Crippen molar-refractivity contribution >= 4 is 11.7 Å². The second-order valence-corrected chi connectivity index (χ2v) is 4.67. The summed E-state index contributed by atoms with van der Waals surface area (Å²) in [5.41, 5.74) is 6.95. The number of anilines is 1. The molecule has 118 valence electrons. The van der Waals surface area contributed by atoms with Gasteiger partial charge in [0.2, 0.25) is 0 Å². The standard InChI is InChI=1S/C11H17N3.C2HF3O2/c12-9-10-3-7-14(8-4-10)11-1-5-13-6-2-11;3-2(4,5)1(6)7/h1-2,5-6,10H,3-4,7-9,12H2;(H,6,7). The predicted molar refractivity (Wildman–Crippen MR) is 71.9 cm³/mol. The monoisotopic (exact) mass is 305 g/mol. The number of piperidine rings is 1. The van der Waals surface area contributed by atoms with E-state index in [0.717, 1.165) is 25.6 Å². The SMILES string of the molecule is NCC1CCN(c2ccncc2)CC1.O=C(O)C(F)(F)F. The Morgan fingerprint density at radius 1 is 1.33 bits per heavy atom. The van der Waals surface area contributed by atoms with Crippen molar-refractivity contribution in [1.29, 1.82) is 0 Å². The summed E-state index contributed by atoms with van der Waals surface area (Å²) in [7, 11) is 0. The summed E-state index contributed by atoms with van der Waals surface area (Å²) in [5, 5.41) is 7.12. The van der Waals surface area contributed by atoms with Crippen LogP contribution in [0.25, 0.3) is 0 Å². The number of halogens is 3. The molecule has 21 heavy (non-hydrogen) atoms. The molecular weight excluding hydrogens is 287 g/mol. The normalized spacial score (nSPS) is 16.1. The maximum atomic E-state index is 10.6. The van der Waals surface area contributed by atoms with Gasteiger partial charge in [0.25, 0.3) is 0 Å². The van der Waals surface area contributed by atoms with Gasteiger partial charge in [-0.2, -0.15) is 13.2 Å². The quantitative estimate of drug-likeness (QED) is 0.872. The molecule has 3 N–H and O–H groups in total. The summed E-state index contributed by atoms with van der Waals surface area (Å²) in [4.78, 5) is 15.3. The van der Waals surface area contributed by atoms with Crippen LogP contribution in [-0.2, 0) is 4.79 Å². The zero-order valence-electron chi connectivity index (χ0n) is 11.4. The van der Waals surface area contributed by atoms with E-state index in [9.17, 15) is 13.2 Å². The van der Waals surface area contributed by atoms with E-state index in [0.29, 0.717) is 0 Å². The third-order valence-electron chi connectivity index (χ3n) is 3.22. The van der Waals surface area contributed by atoms with E-state index in [4.69, 9.17) is 15.6 Å². The van der Waals surface area contributed by atoms with Crippen LogP contribution in [0.1, 0.15) is 12.8 Å². The largest absolute Gasteiger partial charge is 0.490 e. The van der Waals surface area contributed by atoms with Crippen molar-refractivity contribution in [3.63, 3.8) is 0 Å². The fourth-order valence-corrected chi connectivity index (χ4v) is 1.98. The molecule has 0 aliphatic carbocycles. The Morgan fingerprint density at radius 2 is 1.81 bits per heavy atom. The van der Waals surface area contributed by atoms with Gasteiger partial charge in [-0.3, -0.25) is 4.98 Å². The summed E-state index contributed by atoms with van der Waals surface area (Å²) in [6.45, 7) is 3.10. The molecule has 2 heterocycles. The molecular formula is C13H18F3N3O2. The number of hydrogen-bond acceptors (Lipinski definition) is 4. The first-order valence-electron chi connectivity index (χ1n) is 6.49. The van der Waals surface area contributed by atoms with Crippen molar-refractivity contribution in [2.75, 3.05) is 24.5 Å². The number of hydrogen-bond donors (Lipinski definition) is 2. The second-order valence-electron chi connectivity index (χ2n) is 4.67. The van der Waals surface area contributed by atoms with Crippen molar-refractivity contribution in [1.82, 2.24) is 4.98 Å². The van der Waals surface area contributed by atoms with Crippen LogP contribution in [0.15, 0.2) is 24.5 Å². The Morgan fingerprint density at radius 3 is 2.19 bits per heavy atom. The molecule has 0 spiro atoms. The van der Waals surface area contributed by atoms with E-state index in [1.807, 2.05) is 12.4 Å². The molecule has 1 fully saturated rings. The lowest BCUT2D eigenvalue weighted by Crippen LogP contribution is -2.35. The van der Waals surface area contributed by atoms with Gasteiger partial charge < -0.3 is 15.7 Å². The van der Waals surface area contributed by atoms with Crippen LogP contribution < -0.4 is 10.6 Å². The van der Waals surface area contributed by atoms with Crippen molar-refractivity contribution in [3.8, 4) is 0 Å². The predicted octanol–water partition coefficient (Wildman–Crippen LogP) is 1.89. The Hall–Kier alpha value is -1.83. The average molecular weight is 305 g/mol. The molecule has 0 atom stereocenters. The van der Waals surface area contributed by atoms with Gasteiger partial charge in [0.15, 0.2) is 0 Å². The van der Waals surface area contributed by atoms with Crippen LogP contribution in [0.3, 0.4) is 0 Å². The molecule has 0 aromatic carbocycles. The lowest BCUT2D eigenvalue weighted by Gasteiger charge is -2.32. The third kappa shape index (κ3) is 5.99. The van der Waals surface area contributed by atoms with Crippen molar-refractivity contribution in [3.05, 3.63) is 24.5 Å². The molecule has 0 unspecified atom stereocenters. The molecule has 1 aromatic heterocycles. The van der Waals surface area contributed by atoms with Crippen LogP contribution in [0, 0.1) is 5.92 Å². The second kappa shape index (κ2) is 7.82. The molecule has 5 nitrogen and oxygen atoms in total. The van der Waals surface area contributed by atoms with E-state index in [1.165, 1.54) is 18.5 Å². The van der Waals surface area contributed by atoms with Gasteiger partial charge >= 0.3 is 12.1 Å². The molecule has 0 radical (unpaired) electrons. The molecule has 0 bridgehead atoms. The van der Waals surface area contributed by atoms with Crippen molar-refractivity contribution < 1.29 is 23.1 Å². The highest BCUT2D eigenvalue weighted by Crippen LogP contribution is 2.21. The van der Waals surface area contributed by atoms with Gasteiger partial charge in [0, 0.05) is 31.2 Å². The number of pyridine rings is 1. The van der Waals surface area contributed by atoms with E-state index < -0.39 is 12.1 Å². The average Bonchev–Trinajstić information content (AvgIpc) is 2.48. The van der Waals surface area contributed by atoms with E-state index in [1.54, 1.807) is 0 Å². The molecule has 0 saturated carbocycles. The third-order valence-corrected chi connectivity index (χ3v) is 3.22. The molecule has 1 aromatic rings. The Bertz CT molecular complexity index is 432. The molecule has 1 saturated heterocycles. The first-order valence-corrected chi connectivity index (χ1v) is 6.49. The van der Waals surface area contributed by atoms with Crippen LogP contribution in [-0.4, -0.2) is 41.9 Å². The van der Waals surface area contributed by atoms with E-state index in [2.05, 4.69) is 22.0 Å². The summed E-state index contributed by atoms with van der Waals surface area (Å²) in [6.07, 6.45) is 1.06. The topological polar surface area (TPSA) is 79.5 Å². The fraction of sp³-hybridized carbons (Fsp3) is 0.538. The lowest BCUT2D eigenvalue weighted by molar-refractivity contribution is -0.192. The maximum absolute atomic E-state index is 10.6. The van der Waals surface area contributed by atoms with Crippen LogP contribution in [0.4, 0.5) is 18.9 Å². The number of carbonyl (C=O) groups is 1. The highest BCUT2D eigenvalue weighted by Gasteiger charge is 2.38. The van der Waals surface area contributed by atoms with Gasteiger partial charge in [0.1, 0.15) is 0 Å². The first-order chi connectivity index (χ1) is 9.84. The number of nitrogens with two attached hydrogens (primary N) is 1. The number of nitrogens with zero attached hydrogens (tertiary/aromatic N) is 2. The minimum absolute atomic E-state index is 0.730. The number of carboxylic acid groups (broad SMARTS) is 1. The summed E-state index contributed by atoms with van der Waals surface area (Å²) in [6, 6.07) is 4.14. The Labute approximate surface area is 120 Å². The number of aromatic nitrogens is 1. The van der Waals surface area contributed by atoms with Gasteiger partial charge in [-0.25, -0.2) is 4.79 Å². The summed E-state index contributed by atoms with van der Waals surface area (Å²) < 4.78 is 31.7. The highest BCUT2D eigenvalue weighted by atomic mass is 19.4. The lowest BCUT2D eigenvalue weighted by atomic mass is 9.97. The smallest absolute Gasteiger partial charge is 0.475 e. The van der Waals surface area contributed by atoms with Crippen LogP contribution in [0.2, 0.25) is 0 Å². The maximum Gasteiger partial charge on any atom is 0.490 e. The first kappa shape index (κ1) is 17.2. The van der Waals surface area contributed by atoms with E-state index >= 15 is 0 Å². The van der Waals surface area contributed by atoms with Crippen LogP contribution >= 0.6 is 0 Å². The molecule has 2 rings (SSSR count). The molecule has 1 aliphatic heterocycles. The van der Waals surface area contributed by atoms with Crippen molar-refractivity contribution in [2.45, 2.75) is 19.0 Å². The van der Waals surface area contributed by atoms with Gasteiger partial charge in [0.05, 0.1) is 0 Å². The minimum atomic E-state index is -5.08. The zero-order valence-corrected chi connectivity index (χ0v) is 11.4.